The Kier molecular flexibility index (Phi) is 10.5. The van der Waals surface area contributed by atoms with Crippen molar-refractivity contribution in [2.45, 2.75) is 52.0 Å². The molecule has 8 nitrogen and oxygen atoms in total. The first-order valence-electron chi connectivity index (χ1n) is 14.2. The van der Waals surface area contributed by atoms with Gasteiger partial charge in [-0.05, 0) is 61.1 Å². The van der Waals surface area contributed by atoms with Crippen molar-refractivity contribution in [3.63, 3.8) is 0 Å². The molecule has 0 unspecified atom stereocenters. The molecule has 0 bridgehead atoms. The zero-order valence-corrected chi connectivity index (χ0v) is 24.7. The zero-order chi connectivity index (χ0) is 29.2. The lowest BCUT2D eigenvalue weighted by Crippen LogP contribution is -2.25. The Bertz CT molecular complexity index is 1420. The third kappa shape index (κ3) is 7.31. The first kappa shape index (κ1) is 29.8. The van der Waals surface area contributed by atoms with Gasteiger partial charge in [-0.3, -0.25) is 4.79 Å². The molecule has 0 aliphatic rings. The summed E-state index contributed by atoms with van der Waals surface area (Å²) in [5, 5.41) is 3.01. The number of carbonyl (C=O) groups is 1. The summed E-state index contributed by atoms with van der Waals surface area (Å²) in [5.41, 5.74) is 3.82. The minimum atomic E-state index is -0.197. The highest BCUT2D eigenvalue weighted by Crippen LogP contribution is 2.38. The number of rotatable bonds is 15. The van der Waals surface area contributed by atoms with Crippen LogP contribution in [0.5, 0.6) is 23.0 Å². The van der Waals surface area contributed by atoms with E-state index in [4.69, 9.17) is 23.9 Å². The van der Waals surface area contributed by atoms with Crippen LogP contribution in [0, 0.1) is 0 Å². The lowest BCUT2D eigenvalue weighted by Gasteiger charge is -2.14. The smallest absolute Gasteiger partial charge is 0.251 e. The summed E-state index contributed by atoms with van der Waals surface area (Å²) >= 11 is 0. The van der Waals surface area contributed by atoms with Gasteiger partial charge in [0, 0.05) is 25.1 Å². The summed E-state index contributed by atoms with van der Waals surface area (Å²) in [6, 6.07) is 19.8. The highest BCUT2D eigenvalue weighted by molar-refractivity contribution is 5.95. The Hall–Kier alpha value is -4.20. The average molecular weight is 560 g/mol. The van der Waals surface area contributed by atoms with Crippen LogP contribution in [0.15, 0.2) is 60.7 Å². The van der Waals surface area contributed by atoms with E-state index < -0.39 is 0 Å². The van der Waals surface area contributed by atoms with E-state index in [2.05, 4.69) is 48.0 Å². The summed E-state index contributed by atoms with van der Waals surface area (Å²) in [6.45, 7) is 6.43. The second kappa shape index (κ2) is 14.4. The van der Waals surface area contributed by atoms with E-state index in [1.54, 1.807) is 12.1 Å². The minimum absolute atomic E-state index is 0.197. The lowest BCUT2D eigenvalue weighted by atomic mass is 10.0. The van der Waals surface area contributed by atoms with E-state index in [0.29, 0.717) is 41.9 Å². The fourth-order valence-corrected chi connectivity index (χ4v) is 4.97. The van der Waals surface area contributed by atoms with Gasteiger partial charge < -0.3 is 28.8 Å². The Morgan fingerprint density at radius 2 is 1.59 bits per heavy atom. The minimum Gasteiger partial charge on any atom is -0.493 e. The van der Waals surface area contributed by atoms with Crippen LogP contribution in [0.2, 0.25) is 0 Å². The molecule has 0 atom stereocenters. The largest absolute Gasteiger partial charge is 0.493 e. The van der Waals surface area contributed by atoms with E-state index in [9.17, 15) is 4.79 Å². The molecule has 0 radical (unpaired) electrons. The molecule has 3 aromatic carbocycles. The van der Waals surface area contributed by atoms with Crippen molar-refractivity contribution in [2.24, 2.45) is 0 Å². The van der Waals surface area contributed by atoms with Crippen molar-refractivity contribution >= 4 is 16.9 Å². The number of ether oxygens (including phenoxy) is 4. The predicted octanol–water partition coefficient (Wildman–Crippen LogP) is 6.41. The van der Waals surface area contributed by atoms with Crippen LogP contribution in [-0.2, 0) is 13.0 Å². The lowest BCUT2D eigenvalue weighted by molar-refractivity contribution is 0.0952. The topological polar surface area (TPSA) is 83.8 Å². The molecule has 0 saturated heterocycles. The maximum absolute atomic E-state index is 12.9. The highest BCUT2D eigenvalue weighted by atomic mass is 16.5. The molecule has 218 valence electrons. The van der Waals surface area contributed by atoms with Gasteiger partial charge in [-0.1, -0.05) is 44.2 Å². The van der Waals surface area contributed by atoms with Crippen molar-refractivity contribution < 1.29 is 23.7 Å². The quantitative estimate of drug-likeness (QED) is 0.170. The van der Waals surface area contributed by atoms with Crippen molar-refractivity contribution in [1.29, 1.82) is 0 Å². The number of para-hydroxylation sites is 3. The number of hydrogen-bond donors (Lipinski definition) is 1. The zero-order valence-electron chi connectivity index (χ0n) is 24.7. The maximum Gasteiger partial charge on any atom is 0.251 e. The molecule has 0 spiro atoms. The van der Waals surface area contributed by atoms with E-state index in [1.165, 1.54) is 26.9 Å². The SMILES string of the molecule is COc1cc(C(=O)NCCCc2nc3ccccc3n2CCCCOc2ccccc2C(C)C)cc(OC)c1OC. The predicted molar refractivity (Wildman–Crippen MR) is 162 cm³/mol. The van der Waals surface area contributed by atoms with E-state index in [1.807, 2.05) is 24.3 Å². The third-order valence-electron chi connectivity index (χ3n) is 7.10. The molecule has 0 saturated carbocycles. The number of nitrogens with one attached hydrogen (secondary N) is 1. The fourth-order valence-electron chi connectivity index (χ4n) is 4.97. The van der Waals surface area contributed by atoms with Gasteiger partial charge >= 0.3 is 0 Å². The maximum atomic E-state index is 12.9. The van der Waals surface area contributed by atoms with Gasteiger partial charge in [-0.15, -0.1) is 0 Å². The van der Waals surface area contributed by atoms with Gasteiger partial charge in [-0.2, -0.15) is 0 Å². The van der Waals surface area contributed by atoms with Crippen LogP contribution in [0.4, 0.5) is 0 Å². The number of hydrogen-bond acceptors (Lipinski definition) is 6. The summed E-state index contributed by atoms with van der Waals surface area (Å²) in [7, 11) is 4.60. The molecule has 4 rings (SSSR count). The van der Waals surface area contributed by atoms with Gasteiger partial charge in [0.2, 0.25) is 5.75 Å². The number of carbonyl (C=O) groups excluding carboxylic acids is 1. The molecule has 1 aromatic heterocycles. The molecule has 1 amide bonds. The molecule has 0 aliphatic carbocycles. The van der Waals surface area contributed by atoms with E-state index in [-0.39, 0.29) is 5.91 Å². The van der Waals surface area contributed by atoms with Gasteiger partial charge in [0.25, 0.3) is 5.91 Å². The van der Waals surface area contributed by atoms with Gasteiger partial charge in [0.05, 0.1) is 39.0 Å². The molecule has 1 N–H and O–H groups in total. The number of aromatic nitrogens is 2. The van der Waals surface area contributed by atoms with E-state index in [0.717, 1.165) is 54.8 Å². The molecule has 8 heteroatoms. The van der Waals surface area contributed by atoms with Gasteiger partial charge in [-0.25, -0.2) is 4.98 Å². The average Bonchev–Trinajstić information content (AvgIpc) is 3.35. The summed E-state index contributed by atoms with van der Waals surface area (Å²) in [5.74, 6) is 3.58. The Balaban J connectivity index is 1.32. The standard InChI is InChI=1S/C33H41N3O5/c1-23(2)25-13-6-9-16-28(25)41-20-11-10-19-36-27-15-8-7-14-26(27)35-31(36)17-12-18-34-33(37)24-21-29(38-3)32(40-5)30(22-24)39-4/h6-9,13-16,21-23H,10-12,17-20H2,1-5H3,(H,34,37). The summed E-state index contributed by atoms with van der Waals surface area (Å²) in [4.78, 5) is 17.8. The van der Waals surface area contributed by atoms with Gasteiger partial charge in [0.1, 0.15) is 11.6 Å². The Morgan fingerprint density at radius 3 is 2.29 bits per heavy atom. The van der Waals surface area contributed by atoms with Crippen LogP contribution in [0.1, 0.15) is 60.8 Å². The molecule has 1 heterocycles. The summed E-state index contributed by atoms with van der Waals surface area (Å²) in [6.07, 6.45) is 3.44. The van der Waals surface area contributed by atoms with Crippen LogP contribution >= 0.6 is 0 Å². The number of amides is 1. The third-order valence-corrected chi connectivity index (χ3v) is 7.10. The monoisotopic (exact) mass is 559 g/mol. The highest BCUT2D eigenvalue weighted by Gasteiger charge is 2.17. The normalized spacial score (nSPS) is 11.1. The van der Waals surface area contributed by atoms with Gasteiger partial charge in [0.15, 0.2) is 11.5 Å². The first-order valence-corrected chi connectivity index (χ1v) is 14.2. The number of benzene rings is 3. The van der Waals surface area contributed by atoms with Crippen molar-refractivity contribution in [3.8, 4) is 23.0 Å². The molecule has 4 aromatic rings. The Labute approximate surface area is 242 Å². The number of methoxy groups -OCH3 is 3. The van der Waals surface area contributed by atoms with Crippen LogP contribution < -0.4 is 24.3 Å². The van der Waals surface area contributed by atoms with Crippen LogP contribution in [0.25, 0.3) is 11.0 Å². The number of aryl methyl sites for hydroxylation is 2. The summed E-state index contributed by atoms with van der Waals surface area (Å²) < 4.78 is 24.5. The number of imidazole rings is 1. The fraction of sp³-hybridized carbons (Fsp3) is 0.394. The first-order chi connectivity index (χ1) is 20.0. The van der Waals surface area contributed by atoms with Crippen molar-refractivity contribution in [2.75, 3.05) is 34.5 Å². The molecular weight excluding hydrogens is 518 g/mol. The van der Waals surface area contributed by atoms with Crippen molar-refractivity contribution in [3.05, 3.63) is 77.6 Å². The number of fused-ring (bicyclic) bond motifs is 1. The second-order valence-corrected chi connectivity index (χ2v) is 10.2. The van der Waals surface area contributed by atoms with Crippen LogP contribution in [-0.4, -0.2) is 49.9 Å². The van der Waals surface area contributed by atoms with E-state index >= 15 is 0 Å². The second-order valence-electron chi connectivity index (χ2n) is 10.2. The molecule has 0 aliphatic heterocycles. The molecular formula is C33H41N3O5. The number of unbranched alkanes of at least 4 members (excludes halogenated alkanes) is 1. The molecule has 41 heavy (non-hydrogen) atoms. The molecule has 0 fully saturated rings. The van der Waals surface area contributed by atoms with Crippen molar-refractivity contribution in [1.82, 2.24) is 14.9 Å². The Morgan fingerprint density at radius 1 is 0.878 bits per heavy atom. The number of nitrogens with zero attached hydrogens (tertiary/aromatic N) is 2. The van der Waals surface area contributed by atoms with Crippen LogP contribution in [0.3, 0.4) is 0 Å².